The Morgan fingerprint density at radius 3 is 2.75 bits per heavy atom. The lowest BCUT2D eigenvalue weighted by Gasteiger charge is -2.29. The second-order valence-corrected chi connectivity index (χ2v) is 9.37. The van der Waals surface area contributed by atoms with Gasteiger partial charge >= 0.3 is 0 Å². The summed E-state index contributed by atoms with van der Waals surface area (Å²) in [4.78, 5) is 21.2. The third-order valence-corrected chi connectivity index (χ3v) is 6.02. The molecule has 1 aliphatic rings. The molecular weight excluding hydrogens is 400 g/mol. The van der Waals surface area contributed by atoms with Crippen LogP contribution in [0.3, 0.4) is 0 Å². The third kappa shape index (κ3) is 5.87. The molecule has 2 aromatic rings. The van der Waals surface area contributed by atoms with E-state index in [4.69, 9.17) is 11.3 Å². The lowest BCUT2D eigenvalue weighted by atomic mass is 9.85. The van der Waals surface area contributed by atoms with E-state index in [9.17, 15) is 4.79 Å². The van der Waals surface area contributed by atoms with Crippen molar-refractivity contribution in [2.24, 2.45) is 5.92 Å². The van der Waals surface area contributed by atoms with Crippen LogP contribution in [-0.4, -0.2) is 43.0 Å². The van der Waals surface area contributed by atoms with Gasteiger partial charge in [-0.2, -0.15) is 0 Å². The molecule has 170 valence electrons. The number of aromatic nitrogens is 1. The van der Waals surface area contributed by atoms with Crippen LogP contribution in [0.25, 0.3) is 10.4 Å². The fraction of sp³-hybridized carbons (Fsp3) is 0.462. The molecule has 0 saturated heterocycles. The zero-order valence-electron chi connectivity index (χ0n) is 19.8. The minimum atomic E-state index is -0.445. The topological polar surface area (TPSA) is 61.7 Å². The smallest absolute Gasteiger partial charge is 0.270 e. The highest BCUT2D eigenvalue weighted by Crippen LogP contribution is 2.37. The van der Waals surface area contributed by atoms with E-state index in [1.807, 2.05) is 26.2 Å². The molecular formula is C26H34N4O2. The standard InChI is InChI=1S/C26H34N4O2/c1-18-7-9-19(10-8-18)22-15-20(26(2,3)32-14-13-30(5)6)11-12-23(22)29-25(31)24-16-21(27-4)17-28-24/h9,11-12,15-18,28H,7-8,10,13-14H2,1-3,5-6H3,(H,29,31). The number of aromatic amines is 1. The van der Waals surface area contributed by atoms with Crippen molar-refractivity contribution in [2.75, 3.05) is 32.6 Å². The Kier molecular flexibility index (Phi) is 7.55. The summed E-state index contributed by atoms with van der Waals surface area (Å²) < 4.78 is 6.21. The second kappa shape index (κ2) is 10.2. The number of amides is 1. The molecule has 0 radical (unpaired) electrons. The number of hydrogen-bond acceptors (Lipinski definition) is 3. The van der Waals surface area contributed by atoms with Gasteiger partial charge in [-0.05, 0) is 82.5 Å². The maximum absolute atomic E-state index is 12.8. The minimum Gasteiger partial charge on any atom is -0.370 e. The van der Waals surface area contributed by atoms with Gasteiger partial charge in [0.2, 0.25) is 5.69 Å². The highest BCUT2D eigenvalue weighted by atomic mass is 16.5. The number of likely N-dealkylation sites (N-methyl/N-ethyl adjacent to an activating group) is 1. The first kappa shape index (κ1) is 23.8. The molecule has 1 heterocycles. The number of benzene rings is 1. The fourth-order valence-electron chi connectivity index (χ4n) is 3.84. The van der Waals surface area contributed by atoms with Gasteiger partial charge in [-0.15, -0.1) is 0 Å². The molecule has 3 rings (SSSR count). The van der Waals surface area contributed by atoms with Crippen molar-refractivity contribution in [3.63, 3.8) is 0 Å². The van der Waals surface area contributed by atoms with Crippen molar-refractivity contribution in [1.29, 1.82) is 0 Å². The number of ether oxygens (including phenoxy) is 1. The Hall–Kier alpha value is -2.88. The largest absolute Gasteiger partial charge is 0.370 e. The van der Waals surface area contributed by atoms with E-state index < -0.39 is 5.60 Å². The van der Waals surface area contributed by atoms with Gasteiger partial charge in [-0.25, -0.2) is 4.85 Å². The first-order valence-electron chi connectivity index (χ1n) is 11.2. The molecule has 1 aliphatic carbocycles. The average Bonchev–Trinajstić information content (AvgIpc) is 3.24. The number of hydrogen-bond donors (Lipinski definition) is 2. The number of nitrogens with zero attached hydrogens (tertiary/aromatic N) is 2. The van der Waals surface area contributed by atoms with Crippen molar-refractivity contribution in [3.05, 3.63) is 64.8 Å². The highest BCUT2D eigenvalue weighted by molar-refractivity contribution is 6.05. The zero-order chi connectivity index (χ0) is 23.3. The van der Waals surface area contributed by atoms with Gasteiger partial charge in [0.1, 0.15) is 0 Å². The number of carbonyl (C=O) groups excluding carboxylic acids is 1. The van der Waals surface area contributed by atoms with Crippen LogP contribution in [0.1, 0.15) is 61.6 Å². The first-order valence-corrected chi connectivity index (χ1v) is 11.2. The lowest BCUT2D eigenvalue weighted by molar-refractivity contribution is -0.0268. The maximum Gasteiger partial charge on any atom is 0.270 e. The van der Waals surface area contributed by atoms with E-state index in [1.54, 1.807) is 12.3 Å². The normalized spacial score (nSPS) is 16.5. The predicted molar refractivity (Wildman–Crippen MR) is 130 cm³/mol. The Labute approximate surface area is 191 Å². The molecule has 32 heavy (non-hydrogen) atoms. The van der Waals surface area contributed by atoms with E-state index in [0.29, 0.717) is 23.9 Å². The summed E-state index contributed by atoms with van der Waals surface area (Å²) in [7, 11) is 4.07. The van der Waals surface area contributed by atoms with Crippen molar-refractivity contribution < 1.29 is 9.53 Å². The summed E-state index contributed by atoms with van der Waals surface area (Å²) in [5.74, 6) is 0.428. The van der Waals surface area contributed by atoms with Crippen LogP contribution in [0.5, 0.6) is 0 Å². The molecule has 1 aromatic carbocycles. The highest BCUT2D eigenvalue weighted by Gasteiger charge is 2.24. The van der Waals surface area contributed by atoms with Crippen LogP contribution in [0.15, 0.2) is 36.5 Å². The van der Waals surface area contributed by atoms with Crippen molar-refractivity contribution in [2.45, 2.75) is 45.6 Å². The van der Waals surface area contributed by atoms with Crippen LogP contribution >= 0.6 is 0 Å². The van der Waals surface area contributed by atoms with Gasteiger partial charge in [-0.1, -0.05) is 19.1 Å². The molecule has 0 fully saturated rings. The number of anilines is 1. The van der Waals surface area contributed by atoms with Crippen LogP contribution in [0.2, 0.25) is 0 Å². The summed E-state index contributed by atoms with van der Waals surface area (Å²) in [6.07, 6.45) is 7.01. The quantitative estimate of drug-likeness (QED) is 0.514. The third-order valence-electron chi connectivity index (χ3n) is 6.02. The molecule has 0 bridgehead atoms. The van der Waals surface area contributed by atoms with Gasteiger partial charge in [0, 0.05) is 24.0 Å². The molecule has 1 atom stereocenters. The number of H-pyrrole nitrogens is 1. The number of rotatable bonds is 8. The van der Waals surface area contributed by atoms with Crippen LogP contribution in [0, 0.1) is 12.5 Å². The average molecular weight is 435 g/mol. The van der Waals surface area contributed by atoms with E-state index in [-0.39, 0.29) is 5.91 Å². The summed E-state index contributed by atoms with van der Waals surface area (Å²) >= 11 is 0. The van der Waals surface area contributed by atoms with Crippen LogP contribution < -0.4 is 5.32 Å². The Morgan fingerprint density at radius 2 is 2.12 bits per heavy atom. The van der Waals surface area contributed by atoms with Gasteiger partial charge in [-0.3, -0.25) is 4.79 Å². The Morgan fingerprint density at radius 1 is 1.34 bits per heavy atom. The number of carbonyl (C=O) groups is 1. The lowest BCUT2D eigenvalue weighted by Crippen LogP contribution is -2.27. The molecule has 0 spiro atoms. The van der Waals surface area contributed by atoms with Crippen LogP contribution in [0.4, 0.5) is 11.4 Å². The van der Waals surface area contributed by atoms with Gasteiger partial charge in [0.15, 0.2) is 0 Å². The van der Waals surface area contributed by atoms with Crippen LogP contribution in [-0.2, 0) is 10.3 Å². The van der Waals surface area contributed by atoms with Crippen molar-refractivity contribution in [1.82, 2.24) is 9.88 Å². The predicted octanol–water partition coefficient (Wildman–Crippen LogP) is 5.83. The van der Waals surface area contributed by atoms with E-state index in [2.05, 4.69) is 53.0 Å². The van der Waals surface area contributed by atoms with Gasteiger partial charge in [0.05, 0.1) is 24.5 Å². The first-order chi connectivity index (χ1) is 15.2. The summed E-state index contributed by atoms with van der Waals surface area (Å²) in [6, 6.07) is 7.73. The minimum absolute atomic E-state index is 0.250. The SMILES string of the molecule is [C-]#[N+]c1c[nH]c(C(=O)Nc2ccc(C(C)(C)OCCN(C)C)cc2C2=CCC(C)CC2)c1. The Bertz CT molecular complexity index is 1030. The molecule has 1 aromatic heterocycles. The van der Waals surface area contributed by atoms with Crippen molar-refractivity contribution >= 4 is 22.9 Å². The molecule has 2 N–H and O–H groups in total. The fourth-order valence-corrected chi connectivity index (χ4v) is 3.84. The molecule has 1 amide bonds. The Balaban J connectivity index is 1.90. The van der Waals surface area contributed by atoms with Gasteiger partial charge < -0.3 is 19.9 Å². The summed E-state index contributed by atoms with van der Waals surface area (Å²) in [5, 5.41) is 3.05. The molecule has 0 saturated carbocycles. The van der Waals surface area contributed by atoms with Crippen molar-refractivity contribution in [3.8, 4) is 0 Å². The molecule has 1 unspecified atom stereocenters. The van der Waals surface area contributed by atoms with E-state index in [1.165, 1.54) is 5.57 Å². The summed E-state index contributed by atoms with van der Waals surface area (Å²) in [6.45, 7) is 15.1. The zero-order valence-corrected chi connectivity index (χ0v) is 19.8. The number of allylic oxidation sites excluding steroid dienone is 2. The molecule has 0 aliphatic heterocycles. The maximum atomic E-state index is 12.8. The second-order valence-electron chi connectivity index (χ2n) is 9.37. The molecule has 6 heteroatoms. The van der Waals surface area contributed by atoms with E-state index >= 15 is 0 Å². The molecule has 6 nitrogen and oxygen atoms in total. The van der Waals surface area contributed by atoms with Gasteiger partial charge in [0.25, 0.3) is 5.91 Å². The number of nitrogens with one attached hydrogen (secondary N) is 2. The monoisotopic (exact) mass is 434 g/mol. The van der Waals surface area contributed by atoms with E-state index in [0.717, 1.165) is 42.6 Å². The summed E-state index contributed by atoms with van der Waals surface area (Å²) in [5.41, 5.74) is 4.53.